The van der Waals surface area contributed by atoms with Crippen molar-refractivity contribution in [2.45, 2.75) is 13.0 Å². The lowest BCUT2D eigenvalue weighted by atomic mass is 10.1. The highest BCUT2D eigenvalue weighted by atomic mass is 35.5. The van der Waals surface area contributed by atoms with E-state index >= 15 is 0 Å². The maximum Gasteiger partial charge on any atom is 0.235 e. The molecule has 0 bridgehead atoms. The van der Waals surface area contributed by atoms with Gasteiger partial charge in [-0.1, -0.05) is 54.1 Å². The van der Waals surface area contributed by atoms with Crippen molar-refractivity contribution in [2.24, 2.45) is 0 Å². The summed E-state index contributed by atoms with van der Waals surface area (Å²) in [6.07, 6.45) is 1.74. The molecule has 0 saturated heterocycles. The molecule has 0 radical (unpaired) electrons. The van der Waals surface area contributed by atoms with Crippen LogP contribution >= 0.6 is 11.6 Å². The molecular formula is C18H21ClN2O3S. The Morgan fingerprint density at radius 3 is 2.40 bits per heavy atom. The second-order valence-corrected chi connectivity index (χ2v) is 8.17. The van der Waals surface area contributed by atoms with Gasteiger partial charge < -0.3 is 5.32 Å². The van der Waals surface area contributed by atoms with E-state index in [0.29, 0.717) is 18.0 Å². The smallest absolute Gasteiger partial charge is 0.235 e. The van der Waals surface area contributed by atoms with Crippen molar-refractivity contribution >= 4 is 27.5 Å². The third kappa shape index (κ3) is 6.86. The average molecular weight is 381 g/mol. The number of sulfonamides is 1. The molecule has 0 aliphatic heterocycles. The molecule has 0 spiro atoms. The number of nitrogens with zero attached hydrogens (tertiary/aromatic N) is 1. The molecule has 0 saturated carbocycles. The third-order valence-corrected chi connectivity index (χ3v) is 5.05. The highest BCUT2D eigenvalue weighted by Gasteiger charge is 2.20. The average Bonchev–Trinajstić information content (AvgIpc) is 2.54. The minimum atomic E-state index is -3.49. The zero-order valence-corrected chi connectivity index (χ0v) is 15.6. The van der Waals surface area contributed by atoms with Crippen LogP contribution in [0.5, 0.6) is 0 Å². The predicted molar refractivity (Wildman–Crippen MR) is 99.9 cm³/mol. The fourth-order valence-corrected chi connectivity index (χ4v) is 3.28. The Kier molecular flexibility index (Phi) is 6.99. The number of carbonyl (C=O) groups is 1. The van der Waals surface area contributed by atoms with Crippen LogP contribution in [0.25, 0.3) is 0 Å². The van der Waals surface area contributed by atoms with Crippen molar-refractivity contribution in [2.75, 3.05) is 19.3 Å². The van der Waals surface area contributed by atoms with E-state index in [-0.39, 0.29) is 19.0 Å². The molecule has 0 fully saturated rings. The van der Waals surface area contributed by atoms with E-state index in [9.17, 15) is 13.2 Å². The minimum Gasteiger partial charge on any atom is -0.355 e. The maximum atomic E-state index is 12.1. The van der Waals surface area contributed by atoms with Crippen molar-refractivity contribution in [3.63, 3.8) is 0 Å². The molecule has 134 valence electrons. The lowest BCUT2D eigenvalue weighted by molar-refractivity contribution is -0.121. The zero-order valence-electron chi connectivity index (χ0n) is 14.0. The van der Waals surface area contributed by atoms with E-state index in [1.807, 2.05) is 48.5 Å². The van der Waals surface area contributed by atoms with Gasteiger partial charge in [0.25, 0.3) is 0 Å². The summed E-state index contributed by atoms with van der Waals surface area (Å²) in [6, 6.07) is 16.6. The Bertz CT molecular complexity index is 810. The summed E-state index contributed by atoms with van der Waals surface area (Å²) in [6.45, 7) is 0.382. The van der Waals surface area contributed by atoms with Crippen LogP contribution in [0.2, 0.25) is 5.02 Å². The van der Waals surface area contributed by atoms with Crippen LogP contribution in [-0.2, 0) is 27.8 Å². The SMILES string of the molecule is CS(=O)(=O)N(CC(=O)NCCc1cccc(Cl)c1)Cc1ccccc1. The van der Waals surface area contributed by atoms with Gasteiger partial charge >= 0.3 is 0 Å². The van der Waals surface area contributed by atoms with Gasteiger partial charge in [-0.25, -0.2) is 8.42 Å². The first-order valence-electron chi connectivity index (χ1n) is 7.85. The number of halogens is 1. The molecule has 0 aliphatic carbocycles. The lowest BCUT2D eigenvalue weighted by Gasteiger charge is -2.19. The fraction of sp³-hybridized carbons (Fsp3) is 0.278. The Morgan fingerprint density at radius 1 is 1.08 bits per heavy atom. The molecule has 1 amide bonds. The Morgan fingerprint density at radius 2 is 1.76 bits per heavy atom. The summed E-state index contributed by atoms with van der Waals surface area (Å²) in [5.41, 5.74) is 1.84. The first-order chi connectivity index (χ1) is 11.8. The van der Waals surface area contributed by atoms with Gasteiger partial charge in [-0.05, 0) is 29.7 Å². The molecule has 0 aromatic heterocycles. The van der Waals surface area contributed by atoms with Crippen LogP contribution in [0.4, 0.5) is 0 Å². The van der Waals surface area contributed by atoms with Gasteiger partial charge in [0.1, 0.15) is 0 Å². The third-order valence-electron chi connectivity index (χ3n) is 3.62. The molecule has 5 nitrogen and oxygen atoms in total. The monoisotopic (exact) mass is 380 g/mol. The summed E-state index contributed by atoms with van der Waals surface area (Å²) < 4.78 is 25.0. The number of hydrogen-bond donors (Lipinski definition) is 1. The van der Waals surface area contributed by atoms with E-state index in [1.165, 1.54) is 0 Å². The van der Waals surface area contributed by atoms with Crippen molar-refractivity contribution < 1.29 is 13.2 Å². The predicted octanol–water partition coefficient (Wildman–Crippen LogP) is 2.46. The van der Waals surface area contributed by atoms with Gasteiger partial charge in [-0.15, -0.1) is 0 Å². The van der Waals surface area contributed by atoms with Gasteiger partial charge in [0, 0.05) is 18.1 Å². The summed E-state index contributed by atoms with van der Waals surface area (Å²) >= 11 is 5.92. The number of nitrogens with one attached hydrogen (secondary N) is 1. The standard InChI is InChI=1S/C18H21ClN2O3S/c1-25(23,24)21(13-16-6-3-2-4-7-16)14-18(22)20-11-10-15-8-5-9-17(19)12-15/h2-9,12H,10-11,13-14H2,1H3,(H,20,22). The topological polar surface area (TPSA) is 66.5 Å². The first kappa shape index (κ1) is 19.4. The van der Waals surface area contributed by atoms with Crippen LogP contribution in [0.3, 0.4) is 0 Å². The minimum absolute atomic E-state index is 0.168. The number of benzene rings is 2. The molecule has 2 aromatic rings. The molecule has 7 heteroatoms. The highest BCUT2D eigenvalue weighted by molar-refractivity contribution is 7.88. The molecule has 0 heterocycles. The number of amides is 1. The molecule has 2 aromatic carbocycles. The normalized spacial score (nSPS) is 11.5. The number of carbonyl (C=O) groups excluding carboxylic acids is 1. The van der Waals surface area contributed by atoms with E-state index in [2.05, 4.69) is 5.32 Å². The van der Waals surface area contributed by atoms with Gasteiger partial charge in [-0.2, -0.15) is 4.31 Å². The van der Waals surface area contributed by atoms with E-state index in [4.69, 9.17) is 11.6 Å². The van der Waals surface area contributed by atoms with Gasteiger partial charge in [0.2, 0.25) is 15.9 Å². The number of hydrogen-bond acceptors (Lipinski definition) is 3. The molecule has 25 heavy (non-hydrogen) atoms. The van der Waals surface area contributed by atoms with Gasteiger partial charge in [0.15, 0.2) is 0 Å². The Balaban J connectivity index is 1.89. The van der Waals surface area contributed by atoms with Crippen molar-refractivity contribution in [3.8, 4) is 0 Å². The summed E-state index contributed by atoms with van der Waals surface area (Å²) in [7, 11) is -3.49. The van der Waals surface area contributed by atoms with Crippen molar-refractivity contribution in [3.05, 3.63) is 70.7 Å². The van der Waals surface area contributed by atoms with Gasteiger partial charge in [0.05, 0.1) is 12.8 Å². The summed E-state index contributed by atoms with van der Waals surface area (Å²) in [4.78, 5) is 12.1. The molecule has 0 unspecified atom stereocenters. The van der Waals surface area contributed by atoms with E-state index < -0.39 is 10.0 Å². The van der Waals surface area contributed by atoms with Crippen LogP contribution in [0.1, 0.15) is 11.1 Å². The van der Waals surface area contributed by atoms with Crippen LogP contribution in [0.15, 0.2) is 54.6 Å². The summed E-state index contributed by atoms with van der Waals surface area (Å²) in [5, 5.41) is 3.40. The van der Waals surface area contributed by atoms with E-state index in [0.717, 1.165) is 21.7 Å². The molecule has 2 rings (SSSR count). The maximum absolute atomic E-state index is 12.1. The molecular weight excluding hydrogens is 360 g/mol. The zero-order chi connectivity index (χ0) is 18.3. The highest BCUT2D eigenvalue weighted by Crippen LogP contribution is 2.11. The lowest BCUT2D eigenvalue weighted by Crippen LogP contribution is -2.40. The number of rotatable bonds is 8. The fourth-order valence-electron chi connectivity index (χ4n) is 2.33. The first-order valence-corrected chi connectivity index (χ1v) is 10.1. The second kappa shape index (κ2) is 8.99. The molecule has 1 N–H and O–H groups in total. The Labute approximate surface area is 153 Å². The van der Waals surface area contributed by atoms with Gasteiger partial charge in [-0.3, -0.25) is 4.79 Å². The molecule has 0 aliphatic rings. The Hall–Kier alpha value is -1.89. The van der Waals surface area contributed by atoms with Crippen LogP contribution < -0.4 is 5.32 Å². The van der Waals surface area contributed by atoms with Crippen LogP contribution in [-0.4, -0.2) is 38.0 Å². The second-order valence-electron chi connectivity index (χ2n) is 5.75. The largest absolute Gasteiger partial charge is 0.355 e. The summed E-state index contributed by atoms with van der Waals surface area (Å²) in [5.74, 6) is -0.330. The quantitative estimate of drug-likeness (QED) is 0.765. The van der Waals surface area contributed by atoms with Crippen molar-refractivity contribution in [1.29, 1.82) is 0 Å². The van der Waals surface area contributed by atoms with Crippen LogP contribution in [0, 0.1) is 0 Å². The van der Waals surface area contributed by atoms with E-state index in [1.54, 1.807) is 6.07 Å². The molecule has 0 atom stereocenters. The van der Waals surface area contributed by atoms with Crippen molar-refractivity contribution in [1.82, 2.24) is 9.62 Å².